The number of aryl methyl sites for hydroxylation is 2. The summed E-state index contributed by atoms with van der Waals surface area (Å²) in [4.78, 5) is 11.8. The molecule has 0 unspecified atom stereocenters. The van der Waals surface area contributed by atoms with E-state index in [1.54, 1.807) is 12.1 Å². The van der Waals surface area contributed by atoms with Gasteiger partial charge in [-0.25, -0.2) is 8.78 Å². The fourth-order valence-electron chi connectivity index (χ4n) is 2.03. The summed E-state index contributed by atoms with van der Waals surface area (Å²) >= 11 is 5.92. The molecule has 22 heavy (non-hydrogen) atoms. The number of nitrogens with one attached hydrogen (secondary N) is 1. The van der Waals surface area contributed by atoms with Gasteiger partial charge < -0.3 is 10.1 Å². The number of amides is 1. The van der Waals surface area contributed by atoms with Crippen LogP contribution in [0.2, 0.25) is 5.02 Å². The van der Waals surface area contributed by atoms with Gasteiger partial charge in [0.15, 0.2) is 18.2 Å². The average Bonchev–Trinajstić information content (AvgIpc) is 2.41. The lowest BCUT2D eigenvalue weighted by atomic mass is 10.1. The van der Waals surface area contributed by atoms with Gasteiger partial charge in [-0.2, -0.15) is 0 Å². The first-order chi connectivity index (χ1) is 10.4. The van der Waals surface area contributed by atoms with E-state index in [9.17, 15) is 13.6 Å². The zero-order valence-electron chi connectivity index (χ0n) is 12.0. The van der Waals surface area contributed by atoms with Crippen molar-refractivity contribution in [3.63, 3.8) is 0 Å². The van der Waals surface area contributed by atoms with Crippen LogP contribution >= 0.6 is 11.6 Å². The number of carbonyl (C=O) groups is 1. The third kappa shape index (κ3) is 3.95. The van der Waals surface area contributed by atoms with Gasteiger partial charge in [0.1, 0.15) is 5.75 Å². The molecule has 0 saturated carbocycles. The number of hydrogen-bond donors (Lipinski definition) is 1. The molecule has 0 spiro atoms. The van der Waals surface area contributed by atoms with E-state index in [-0.39, 0.29) is 12.3 Å². The Labute approximate surface area is 131 Å². The number of ether oxygens (including phenoxy) is 1. The van der Waals surface area contributed by atoms with Crippen molar-refractivity contribution in [1.29, 1.82) is 0 Å². The van der Waals surface area contributed by atoms with E-state index in [4.69, 9.17) is 16.3 Å². The van der Waals surface area contributed by atoms with Crippen LogP contribution in [0.4, 0.5) is 14.5 Å². The first-order valence-corrected chi connectivity index (χ1v) is 6.89. The lowest BCUT2D eigenvalue weighted by molar-refractivity contribution is -0.118. The Hall–Kier alpha value is -2.14. The van der Waals surface area contributed by atoms with Gasteiger partial charge in [-0.3, -0.25) is 4.79 Å². The highest BCUT2D eigenvalue weighted by Gasteiger charge is 2.10. The highest BCUT2D eigenvalue weighted by molar-refractivity contribution is 6.30. The number of benzene rings is 2. The monoisotopic (exact) mass is 325 g/mol. The molecule has 0 atom stereocenters. The molecule has 0 aliphatic carbocycles. The van der Waals surface area contributed by atoms with Crippen LogP contribution in [-0.4, -0.2) is 12.5 Å². The summed E-state index contributed by atoms with van der Waals surface area (Å²) in [6, 6.07) is 6.59. The fourth-order valence-corrected chi connectivity index (χ4v) is 2.36. The maximum absolute atomic E-state index is 13.1. The molecule has 2 aromatic rings. The first-order valence-electron chi connectivity index (χ1n) is 6.51. The highest BCUT2D eigenvalue weighted by atomic mass is 35.5. The lowest BCUT2D eigenvalue weighted by Crippen LogP contribution is -2.20. The summed E-state index contributed by atoms with van der Waals surface area (Å²) in [5, 5.41) is 3.03. The van der Waals surface area contributed by atoms with Crippen molar-refractivity contribution in [1.82, 2.24) is 0 Å². The zero-order chi connectivity index (χ0) is 16.3. The minimum atomic E-state index is -1.02. The van der Waals surface area contributed by atoms with Crippen LogP contribution < -0.4 is 10.1 Å². The number of rotatable bonds is 4. The Balaban J connectivity index is 2.00. The molecule has 0 fully saturated rings. The van der Waals surface area contributed by atoms with Crippen molar-refractivity contribution in [2.24, 2.45) is 0 Å². The summed E-state index contributed by atoms with van der Waals surface area (Å²) in [6.45, 7) is 3.39. The van der Waals surface area contributed by atoms with Crippen LogP contribution in [0.3, 0.4) is 0 Å². The van der Waals surface area contributed by atoms with E-state index in [0.717, 1.165) is 23.3 Å². The summed E-state index contributed by atoms with van der Waals surface area (Å²) in [5.74, 6) is -1.89. The van der Waals surface area contributed by atoms with Crippen molar-refractivity contribution in [3.05, 3.63) is 58.1 Å². The van der Waals surface area contributed by atoms with E-state index in [0.29, 0.717) is 10.8 Å². The highest BCUT2D eigenvalue weighted by Crippen LogP contribution is 2.27. The molecule has 1 N–H and O–H groups in total. The molecule has 2 aromatic carbocycles. The molecule has 0 saturated heterocycles. The van der Waals surface area contributed by atoms with Gasteiger partial charge in [0, 0.05) is 16.8 Å². The Bertz CT molecular complexity index is 696. The lowest BCUT2D eigenvalue weighted by Gasteiger charge is -2.12. The van der Waals surface area contributed by atoms with Crippen molar-refractivity contribution in [2.75, 3.05) is 11.9 Å². The molecule has 0 aliphatic rings. The van der Waals surface area contributed by atoms with Crippen molar-refractivity contribution in [2.45, 2.75) is 13.8 Å². The maximum Gasteiger partial charge on any atom is 0.262 e. The van der Waals surface area contributed by atoms with Gasteiger partial charge in [0.2, 0.25) is 0 Å². The van der Waals surface area contributed by atoms with E-state index < -0.39 is 17.5 Å². The smallest absolute Gasteiger partial charge is 0.262 e. The van der Waals surface area contributed by atoms with Crippen molar-refractivity contribution >= 4 is 23.2 Å². The largest absolute Gasteiger partial charge is 0.483 e. The second kappa shape index (κ2) is 6.75. The summed E-state index contributed by atoms with van der Waals surface area (Å²) < 4.78 is 31.3. The summed E-state index contributed by atoms with van der Waals surface area (Å²) in [6.07, 6.45) is 0. The third-order valence-corrected chi connectivity index (χ3v) is 3.19. The van der Waals surface area contributed by atoms with Gasteiger partial charge in [0.25, 0.3) is 5.91 Å². The van der Waals surface area contributed by atoms with E-state index >= 15 is 0 Å². The van der Waals surface area contributed by atoms with E-state index in [1.807, 2.05) is 13.8 Å². The van der Waals surface area contributed by atoms with Crippen LogP contribution in [0.1, 0.15) is 11.1 Å². The Kier molecular flexibility index (Phi) is 4.98. The van der Waals surface area contributed by atoms with Crippen LogP contribution in [0, 0.1) is 25.5 Å². The second-order valence-corrected chi connectivity index (χ2v) is 5.27. The predicted molar refractivity (Wildman–Crippen MR) is 81.4 cm³/mol. The van der Waals surface area contributed by atoms with Gasteiger partial charge in [-0.15, -0.1) is 0 Å². The van der Waals surface area contributed by atoms with E-state index in [1.165, 1.54) is 6.07 Å². The fraction of sp³-hybridized carbons (Fsp3) is 0.188. The molecule has 3 nitrogen and oxygen atoms in total. The molecule has 1 amide bonds. The molecule has 2 rings (SSSR count). The molecule has 0 heterocycles. The molecule has 0 bridgehead atoms. The number of halogens is 3. The summed E-state index contributed by atoms with van der Waals surface area (Å²) in [7, 11) is 0. The molecule has 116 valence electrons. The average molecular weight is 326 g/mol. The van der Waals surface area contributed by atoms with Crippen LogP contribution in [-0.2, 0) is 4.79 Å². The second-order valence-electron chi connectivity index (χ2n) is 4.83. The molecular weight excluding hydrogens is 312 g/mol. The standard InChI is InChI=1S/C16H14ClF2NO2/c1-9-5-11(17)6-10(2)16(9)22-8-15(21)20-12-3-4-13(18)14(19)7-12/h3-7H,8H2,1-2H3,(H,20,21). The normalized spacial score (nSPS) is 10.4. The Morgan fingerprint density at radius 2 is 1.77 bits per heavy atom. The molecule has 0 radical (unpaired) electrons. The van der Waals surface area contributed by atoms with Gasteiger partial charge in [-0.1, -0.05) is 11.6 Å². The quantitative estimate of drug-likeness (QED) is 0.912. The number of hydrogen-bond acceptors (Lipinski definition) is 2. The Morgan fingerprint density at radius 3 is 2.36 bits per heavy atom. The maximum atomic E-state index is 13.1. The predicted octanol–water partition coefficient (Wildman–Crippen LogP) is 4.25. The topological polar surface area (TPSA) is 38.3 Å². The number of anilines is 1. The SMILES string of the molecule is Cc1cc(Cl)cc(C)c1OCC(=O)Nc1ccc(F)c(F)c1. The van der Waals surface area contributed by atoms with Gasteiger partial charge in [-0.05, 0) is 49.2 Å². The zero-order valence-corrected chi connectivity index (χ0v) is 12.8. The minimum Gasteiger partial charge on any atom is -0.483 e. The van der Waals surface area contributed by atoms with Crippen LogP contribution in [0.15, 0.2) is 30.3 Å². The van der Waals surface area contributed by atoms with Crippen LogP contribution in [0.5, 0.6) is 5.75 Å². The number of carbonyl (C=O) groups excluding carboxylic acids is 1. The molecule has 6 heteroatoms. The molecular formula is C16H14ClF2NO2. The molecule has 0 aliphatic heterocycles. The van der Waals surface area contributed by atoms with Crippen molar-refractivity contribution < 1.29 is 18.3 Å². The van der Waals surface area contributed by atoms with Gasteiger partial charge in [0.05, 0.1) is 0 Å². The minimum absolute atomic E-state index is 0.164. The first kappa shape index (κ1) is 16.2. The van der Waals surface area contributed by atoms with Gasteiger partial charge >= 0.3 is 0 Å². The molecule has 0 aromatic heterocycles. The Morgan fingerprint density at radius 1 is 1.14 bits per heavy atom. The third-order valence-electron chi connectivity index (χ3n) is 2.98. The van der Waals surface area contributed by atoms with Crippen molar-refractivity contribution in [3.8, 4) is 5.75 Å². The van der Waals surface area contributed by atoms with Crippen LogP contribution in [0.25, 0.3) is 0 Å². The van der Waals surface area contributed by atoms with E-state index in [2.05, 4.69) is 5.32 Å². The summed E-state index contributed by atoms with van der Waals surface area (Å²) in [5.41, 5.74) is 1.79.